The van der Waals surface area contributed by atoms with Crippen LogP contribution in [0.3, 0.4) is 0 Å². The molecule has 6 heteroatoms. The van der Waals surface area contributed by atoms with E-state index in [4.69, 9.17) is 11.6 Å². The predicted molar refractivity (Wildman–Crippen MR) is 131 cm³/mol. The fourth-order valence-corrected chi connectivity index (χ4v) is 5.42. The highest BCUT2D eigenvalue weighted by Crippen LogP contribution is 2.34. The van der Waals surface area contributed by atoms with Crippen LogP contribution in [-0.2, 0) is 17.9 Å². The van der Waals surface area contributed by atoms with Crippen molar-refractivity contribution < 1.29 is 9.59 Å². The van der Waals surface area contributed by atoms with Gasteiger partial charge in [0.25, 0.3) is 5.91 Å². The maximum atomic E-state index is 13.8. The van der Waals surface area contributed by atoms with Crippen molar-refractivity contribution in [2.45, 2.75) is 70.1 Å². The van der Waals surface area contributed by atoms with Gasteiger partial charge in [0.15, 0.2) is 0 Å². The molecule has 5 nitrogen and oxygen atoms in total. The molecule has 33 heavy (non-hydrogen) atoms. The monoisotopic (exact) mass is 463 g/mol. The molecule has 3 aromatic rings. The normalized spacial score (nSPS) is 21.6. The highest BCUT2D eigenvalue weighted by atomic mass is 35.5. The summed E-state index contributed by atoms with van der Waals surface area (Å²) in [5.74, 6) is -0.189. The Morgan fingerprint density at radius 2 is 1.76 bits per heavy atom. The number of carbonyl (C=O) groups is 2. The van der Waals surface area contributed by atoms with Gasteiger partial charge in [-0.3, -0.25) is 9.59 Å². The van der Waals surface area contributed by atoms with Crippen LogP contribution in [0.25, 0.3) is 10.9 Å². The number of para-hydroxylation sites is 1. The Bertz CT molecular complexity index is 1180. The molecule has 0 bridgehead atoms. The Kier molecular flexibility index (Phi) is 5.92. The van der Waals surface area contributed by atoms with Gasteiger partial charge in [-0.15, -0.1) is 0 Å². The number of aromatic nitrogens is 1. The third-order valence-electron chi connectivity index (χ3n) is 7.27. The second-order valence-electron chi connectivity index (χ2n) is 9.63. The van der Waals surface area contributed by atoms with E-state index in [9.17, 15) is 9.59 Å². The van der Waals surface area contributed by atoms with Gasteiger partial charge in [-0.2, -0.15) is 0 Å². The van der Waals surface area contributed by atoms with Gasteiger partial charge in [0.2, 0.25) is 5.91 Å². The van der Waals surface area contributed by atoms with Gasteiger partial charge in [0, 0.05) is 28.5 Å². The minimum atomic E-state index is -1.00. The molecule has 2 heterocycles. The smallest absolute Gasteiger partial charge is 0.271 e. The lowest BCUT2D eigenvalue weighted by Gasteiger charge is -2.44. The lowest BCUT2D eigenvalue weighted by molar-refractivity contribution is -0.134. The predicted octanol–water partition coefficient (Wildman–Crippen LogP) is 5.55. The zero-order chi connectivity index (χ0) is 23.0. The lowest BCUT2D eigenvalue weighted by Crippen LogP contribution is -2.64. The number of nitrogens with one attached hydrogen (secondary N) is 1. The van der Waals surface area contributed by atoms with Crippen molar-refractivity contribution in [1.82, 2.24) is 14.8 Å². The zero-order valence-electron chi connectivity index (χ0n) is 19.0. The summed E-state index contributed by atoms with van der Waals surface area (Å²) in [5, 5.41) is 4.98. The summed E-state index contributed by atoms with van der Waals surface area (Å²) in [4.78, 5) is 29.4. The van der Waals surface area contributed by atoms with Crippen LogP contribution in [0.15, 0.2) is 54.6 Å². The summed E-state index contributed by atoms with van der Waals surface area (Å²) in [7, 11) is 0. The van der Waals surface area contributed by atoms with E-state index in [0.29, 0.717) is 23.8 Å². The largest absolute Gasteiger partial charge is 0.351 e. The van der Waals surface area contributed by atoms with Crippen molar-refractivity contribution in [3.05, 3.63) is 70.9 Å². The molecule has 0 saturated heterocycles. The van der Waals surface area contributed by atoms with Gasteiger partial charge < -0.3 is 14.8 Å². The van der Waals surface area contributed by atoms with Crippen molar-refractivity contribution in [3.8, 4) is 0 Å². The highest BCUT2D eigenvalue weighted by Gasteiger charge is 2.48. The second kappa shape index (κ2) is 8.86. The number of fused-ring (bicyclic) bond motifs is 3. The van der Waals surface area contributed by atoms with E-state index < -0.39 is 5.54 Å². The first-order chi connectivity index (χ1) is 16.0. The third-order valence-corrected chi connectivity index (χ3v) is 7.52. The number of benzene rings is 2. The van der Waals surface area contributed by atoms with Crippen LogP contribution < -0.4 is 5.32 Å². The minimum absolute atomic E-state index is 0.0693. The van der Waals surface area contributed by atoms with Crippen molar-refractivity contribution in [1.29, 1.82) is 0 Å². The van der Waals surface area contributed by atoms with Gasteiger partial charge in [0.05, 0.1) is 6.54 Å². The number of amides is 2. The molecule has 2 aromatic carbocycles. The third kappa shape index (κ3) is 4.15. The zero-order valence-corrected chi connectivity index (χ0v) is 19.8. The Balaban J connectivity index is 1.53. The molecule has 2 aliphatic rings. The number of hydrogen-bond acceptors (Lipinski definition) is 2. The first-order valence-electron chi connectivity index (χ1n) is 11.9. The molecule has 0 spiro atoms. The summed E-state index contributed by atoms with van der Waals surface area (Å²) in [5.41, 5.74) is 1.56. The molecule has 1 aliphatic heterocycles. The highest BCUT2D eigenvalue weighted by molar-refractivity contribution is 6.30. The molecule has 2 amide bonds. The van der Waals surface area contributed by atoms with Gasteiger partial charge in [-0.25, -0.2) is 0 Å². The van der Waals surface area contributed by atoms with Gasteiger partial charge in [0.1, 0.15) is 11.2 Å². The van der Waals surface area contributed by atoms with Crippen LogP contribution >= 0.6 is 11.6 Å². The van der Waals surface area contributed by atoms with E-state index in [1.54, 1.807) is 4.90 Å². The molecular weight excluding hydrogens is 434 g/mol. The van der Waals surface area contributed by atoms with Crippen molar-refractivity contribution >= 4 is 34.3 Å². The quantitative estimate of drug-likeness (QED) is 0.516. The van der Waals surface area contributed by atoms with E-state index >= 15 is 0 Å². The fourth-order valence-electron chi connectivity index (χ4n) is 5.29. The Morgan fingerprint density at radius 3 is 2.48 bits per heavy atom. The number of hydrogen-bond donors (Lipinski definition) is 1. The van der Waals surface area contributed by atoms with Crippen molar-refractivity contribution in [2.24, 2.45) is 0 Å². The number of rotatable bonds is 4. The van der Waals surface area contributed by atoms with Crippen LogP contribution in [-0.4, -0.2) is 32.9 Å². The van der Waals surface area contributed by atoms with Crippen molar-refractivity contribution in [3.63, 3.8) is 0 Å². The van der Waals surface area contributed by atoms with Crippen LogP contribution in [0.1, 0.15) is 61.5 Å². The minimum Gasteiger partial charge on any atom is -0.351 e. The molecule has 1 saturated carbocycles. The second-order valence-corrected chi connectivity index (χ2v) is 10.1. The fraction of sp³-hybridized carbons (Fsp3) is 0.407. The maximum Gasteiger partial charge on any atom is 0.271 e. The maximum absolute atomic E-state index is 13.8. The molecule has 5 rings (SSSR count). The molecule has 1 atom stereocenters. The summed E-state index contributed by atoms with van der Waals surface area (Å²) in [6.07, 6.45) is 6.74. The molecule has 1 aliphatic carbocycles. The van der Waals surface area contributed by atoms with Gasteiger partial charge in [-0.1, -0.05) is 67.6 Å². The molecule has 1 aromatic heterocycles. The van der Waals surface area contributed by atoms with Crippen LogP contribution in [0.5, 0.6) is 0 Å². The van der Waals surface area contributed by atoms with Crippen LogP contribution in [0.2, 0.25) is 5.02 Å². The summed E-state index contributed by atoms with van der Waals surface area (Å²) < 4.78 is 2.02. The molecule has 0 unspecified atom stereocenters. The lowest BCUT2D eigenvalue weighted by atomic mass is 9.93. The standard InChI is InChI=1S/C27H30ClN3O2/c1-27(26(33)29-22-9-4-2-3-5-10-22)18-30-23-11-7-6-8-20(23)16-24(30)25(32)31(27)17-19-12-14-21(28)15-13-19/h6-8,11-16,22H,2-5,9-10,17-18H2,1H3,(H,29,33)/t27-/m0/s1. The van der Waals surface area contributed by atoms with Crippen molar-refractivity contribution in [2.75, 3.05) is 0 Å². The first-order valence-corrected chi connectivity index (χ1v) is 12.3. The van der Waals surface area contributed by atoms with Gasteiger partial charge >= 0.3 is 0 Å². The first kappa shape index (κ1) is 22.0. The van der Waals surface area contributed by atoms with E-state index in [1.807, 2.05) is 66.1 Å². The summed E-state index contributed by atoms with van der Waals surface area (Å²) >= 11 is 6.08. The van der Waals surface area contributed by atoms with E-state index in [1.165, 1.54) is 12.8 Å². The van der Waals surface area contributed by atoms with E-state index in [0.717, 1.165) is 42.1 Å². The Morgan fingerprint density at radius 1 is 1.06 bits per heavy atom. The van der Waals surface area contributed by atoms with Crippen LogP contribution in [0.4, 0.5) is 0 Å². The molecule has 1 N–H and O–H groups in total. The number of carbonyl (C=O) groups excluding carboxylic acids is 2. The van der Waals surface area contributed by atoms with E-state index in [-0.39, 0.29) is 17.9 Å². The molecule has 1 fully saturated rings. The topological polar surface area (TPSA) is 54.3 Å². The molecule has 172 valence electrons. The van der Waals surface area contributed by atoms with Gasteiger partial charge in [-0.05, 0) is 49.6 Å². The average Bonchev–Trinajstić information content (AvgIpc) is 2.98. The van der Waals surface area contributed by atoms with Crippen LogP contribution in [0, 0.1) is 0 Å². The van der Waals surface area contributed by atoms with E-state index in [2.05, 4.69) is 5.32 Å². The summed E-state index contributed by atoms with van der Waals surface area (Å²) in [6.45, 7) is 2.68. The average molecular weight is 464 g/mol. The molecular formula is C27H30ClN3O2. The Labute approximate surface area is 199 Å². The Hall–Kier alpha value is -2.79. The SMILES string of the molecule is C[C@@]1(C(=O)NC2CCCCCC2)Cn2c(cc3ccccc32)C(=O)N1Cc1ccc(Cl)cc1. The molecule has 0 radical (unpaired) electrons. The summed E-state index contributed by atoms with van der Waals surface area (Å²) in [6, 6.07) is 17.6. The number of nitrogens with zero attached hydrogens (tertiary/aromatic N) is 2. The number of halogens is 1.